The van der Waals surface area contributed by atoms with Crippen LogP contribution in [0, 0.1) is 0 Å². The molecule has 1 aromatic heterocycles. The fourth-order valence-electron chi connectivity index (χ4n) is 2.31. The number of nitrogens with one attached hydrogen (secondary N) is 1. The average Bonchev–Trinajstić information content (AvgIpc) is 2.37. The van der Waals surface area contributed by atoms with E-state index in [-0.39, 0.29) is 0 Å². The van der Waals surface area contributed by atoms with Crippen LogP contribution in [0.25, 0.3) is 0 Å². The van der Waals surface area contributed by atoms with Crippen molar-refractivity contribution < 1.29 is 0 Å². The Balaban J connectivity index is 1.80. The first-order valence-electron chi connectivity index (χ1n) is 6.44. The maximum atomic E-state index is 5.69. The Bertz CT molecular complexity index is 347. The minimum atomic E-state index is 0.566. The molecule has 1 unspecified atom stereocenters. The summed E-state index contributed by atoms with van der Waals surface area (Å²) >= 11 is 0. The number of piperidine rings is 1. The number of anilines is 2. The molecule has 0 aromatic carbocycles. The predicted octanol–water partition coefficient (Wildman–Crippen LogP) is 1.95. The Kier molecular flexibility index (Phi) is 4.20. The number of nitrogens with zero attached hydrogens (tertiary/aromatic N) is 2. The van der Waals surface area contributed by atoms with Crippen molar-refractivity contribution in [1.29, 1.82) is 0 Å². The Labute approximate surface area is 103 Å². The van der Waals surface area contributed by atoms with Gasteiger partial charge in [-0.1, -0.05) is 6.42 Å². The molecule has 0 bridgehead atoms. The molecule has 0 aliphatic carbocycles. The second-order valence-corrected chi connectivity index (χ2v) is 4.83. The van der Waals surface area contributed by atoms with Gasteiger partial charge in [0, 0.05) is 18.8 Å². The number of pyridine rings is 1. The summed E-state index contributed by atoms with van der Waals surface area (Å²) in [6.45, 7) is 5.69. The molecule has 4 nitrogen and oxygen atoms in total. The first-order chi connectivity index (χ1) is 8.25. The zero-order chi connectivity index (χ0) is 12.1. The van der Waals surface area contributed by atoms with Gasteiger partial charge < -0.3 is 11.1 Å². The van der Waals surface area contributed by atoms with Crippen molar-refractivity contribution in [3.8, 4) is 0 Å². The molecule has 3 N–H and O–H groups in total. The predicted molar refractivity (Wildman–Crippen MR) is 72.0 cm³/mol. The summed E-state index contributed by atoms with van der Waals surface area (Å²) < 4.78 is 0. The molecule has 0 amide bonds. The van der Waals surface area contributed by atoms with Crippen LogP contribution < -0.4 is 11.1 Å². The third-order valence-electron chi connectivity index (χ3n) is 3.37. The summed E-state index contributed by atoms with van der Waals surface area (Å²) in [4.78, 5) is 6.63. The number of nitrogens with two attached hydrogens (primary N) is 1. The SMILES string of the molecule is CC(CNc1cncc(N)c1)N1CCCCC1. The van der Waals surface area contributed by atoms with Gasteiger partial charge in [-0.15, -0.1) is 0 Å². The van der Waals surface area contributed by atoms with Gasteiger partial charge in [-0.25, -0.2) is 0 Å². The molecule has 1 aliphatic heterocycles. The average molecular weight is 234 g/mol. The van der Waals surface area contributed by atoms with Gasteiger partial charge in [0.25, 0.3) is 0 Å². The van der Waals surface area contributed by atoms with Crippen LogP contribution in [0.15, 0.2) is 18.5 Å². The van der Waals surface area contributed by atoms with E-state index >= 15 is 0 Å². The first-order valence-corrected chi connectivity index (χ1v) is 6.44. The van der Waals surface area contributed by atoms with Gasteiger partial charge in [0.2, 0.25) is 0 Å². The molecule has 94 valence electrons. The lowest BCUT2D eigenvalue weighted by Crippen LogP contribution is -2.41. The summed E-state index contributed by atoms with van der Waals surface area (Å²) in [5.41, 5.74) is 7.41. The number of rotatable bonds is 4. The third kappa shape index (κ3) is 3.60. The lowest BCUT2D eigenvalue weighted by molar-refractivity contribution is 0.180. The molecule has 1 aromatic rings. The second-order valence-electron chi connectivity index (χ2n) is 4.83. The standard InChI is InChI=1S/C13H22N4/c1-11(17-5-3-2-4-6-17)8-16-13-7-12(14)9-15-10-13/h7,9-11,16H,2-6,8,14H2,1H3. The Morgan fingerprint density at radius 2 is 2.12 bits per heavy atom. The maximum absolute atomic E-state index is 5.69. The Morgan fingerprint density at radius 3 is 2.82 bits per heavy atom. The molecule has 0 saturated carbocycles. The third-order valence-corrected chi connectivity index (χ3v) is 3.37. The van der Waals surface area contributed by atoms with Crippen molar-refractivity contribution in [2.45, 2.75) is 32.2 Å². The molecule has 2 rings (SSSR count). The second kappa shape index (κ2) is 5.87. The zero-order valence-corrected chi connectivity index (χ0v) is 10.5. The lowest BCUT2D eigenvalue weighted by atomic mass is 10.1. The minimum Gasteiger partial charge on any atom is -0.397 e. The summed E-state index contributed by atoms with van der Waals surface area (Å²) in [6, 6.07) is 2.49. The van der Waals surface area contributed by atoms with E-state index in [1.54, 1.807) is 6.20 Å². The zero-order valence-electron chi connectivity index (χ0n) is 10.5. The van der Waals surface area contributed by atoms with Crippen LogP contribution in [0.4, 0.5) is 11.4 Å². The fraction of sp³-hybridized carbons (Fsp3) is 0.615. The quantitative estimate of drug-likeness (QED) is 0.836. The summed E-state index contributed by atoms with van der Waals surface area (Å²) in [5.74, 6) is 0. The Hall–Kier alpha value is -1.29. The van der Waals surface area contributed by atoms with Gasteiger partial charge in [0.1, 0.15) is 0 Å². The fourth-order valence-corrected chi connectivity index (χ4v) is 2.31. The number of hydrogen-bond acceptors (Lipinski definition) is 4. The largest absolute Gasteiger partial charge is 0.397 e. The van der Waals surface area contributed by atoms with Crippen molar-refractivity contribution >= 4 is 11.4 Å². The van der Waals surface area contributed by atoms with E-state index in [0.29, 0.717) is 11.7 Å². The van der Waals surface area contributed by atoms with Gasteiger partial charge in [0.15, 0.2) is 0 Å². The molecule has 0 spiro atoms. The highest BCUT2D eigenvalue weighted by Gasteiger charge is 2.16. The van der Waals surface area contributed by atoms with E-state index in [1.165, 1.54) is 32.4 Å². The van der Waals surface area contributed by atoms with Gasteiger partial charge >= 0.3 is 0 Å². The van der Waals surface area contributed by atoms with E-state index in [0.717, 1.165) is 12.2 Å². The van der Waals surface area contributed by atoms with Crippen LogP contribution in [0.3, 0.4) is 0 Å². The summed E-state index contributed by atoms with van der Waals surface area (Å²) in [5, 5.41) is 3.40. The van der Waals surface area contributed by atoms with E-state index in [9.17, 15) is 0 Å². The van der Waals surface area contributed by atoms with Gasteiger partial charge in [0.05, 0.1) is 17.6 Å². The van der Waals surface area contributed by atoms with Crippen molar-refractivity contribution in [1.82, 2.24) is 9.88 Å². The summed E-state index contributed by atoms with van der Waals surface area (Å²) in [7, 11) is 0. The van der Waals surface area contributed by atoms with Crippen molar-refractivity contribution in [3.63, 3.8) is 0 Å². The molecule has 1 fully saturated rings. The lowest BCUT2D eigenvalue weighted by Gasteiger charge is -2.32. The smallest absolute Gasteiger partial charge is 0.0547 e. The molecule has 2 heterocycles. The molecular weight excluding hydrogens is 212 g/mol. The maximum Gasteiger partial charge on any atom is 0.0547 e. The van der Waals surface area contributed by atoms with Crippen LogP contribution in [0.2, 0.25) is 0 Å². The van der Waals surface area contributed by atoms with Gasteiger partial charge in [-0.2, -0.15) is 0 Å². The summed E-state index contributed by atoms with van der Waals surface area (Å²) in [6.07, 6.45) is 7.54. The highest BCUT2D eigenvalue weighted by Crippen LogP contribution is 2.14. The number of hydrogen-bond donors (Lipinski definition) is 2. The van der Waals surface area contributed by atoms with Gasteiger partial charge in [-0.3, -0.25) is 9.88 Å². The number of likely N-dealkylation sites (tertiary alicyclic amines) is 1. The van der Waals surface area contributed by atoms with Crippen molar-refractivity contribution in [2.75, 3.05) is 30.7 Å². The van der Waals surface area contributed by atoms with Crippen LogP contribution >= 0.6 is 0 Å². The van der Waals surface area contributed by atoms with Gasteiger partial charge in [-0.05, 0) is 38.9 Å². The van der Waals surface area contributed by atoms with E-state index < -0.39 is 0 Å². The van der Waals surface area contributed by atoms with Crippen LogP contribution in [-0.4, -0.2) is 35.6 Å². The Morgan fingerprint density at radius 1 is 1.35 bits per heavy atom. The normalized spacial score (nSPS) is 18.9. The molecule has 1 atom stereocenters. The molecule has 1 aliphatic rings. The highest BCUT2D eigenvalue weighted by atomic mass is 15.2. The van der Waals surface area contributed by atoms with Crippen molar-refractivity contribution in [2.24, 2.45) is 0 Å². The highest BCUT2D eigenvalue weighted by molar-refractivity contribution is 5.51. The first kappa shape index (κ1) is 12.2. The number of nitrogen functional groups attached to an aromatic ring is 1. The van der Waals surface area contributed by atoms with E-state index in [2.05, 4.69) is 22.1 Å². The molecular formula is C13H22N4. The van der Waals surface area contributed by atoms with E-state index in [4.69, 9.17) is 5.73 Å². The van der Waals surface area contributed by atoms with Crippen LogP contribution in [0.1, 0.15) is 26.2 Å². The molecule has 1 saturated heterocycles. The molecule has 17 heavy (non-hydrogen) atoms. The van der Waals surface area contributed by atoms with Crippen LogP contribution in [-0.2, 0) is 0 Å². The molecule has 0 radical (unpaired) electrons. The minimum absolute atomic E-state index is 0.566. The van der Waals surface area contributed by atoms with E-state index in [1.807, 2.05) is 12.3 Å². The topological polar surface area (TPSA) is 54.2 Å². The van der Waals surface area contributed by atoms with Crippen LogP contribution in [0.5, 0.6) is 0 Å². The van der Waals surface area contributed by atoms with Crippen molar-refractivity contribution in [3.05, 3.63) is 18.5 Å². The number of aromatic nitrogens is 1. The molecule has 4 heteroatoms. The monoisotopic (exact) mass is 234 g/mol.